The Morgan fingerprint density at radius 1 is 0.906 bits per heavy atom. The van der Waals surface area contributed by atoms with E-state index in [0.717, 1.165) is 11.4 Å². The van der Waals surface area contributed by atoms with E-state index in [1.807, 2.05) is 36.1 Å². The molecule has 0 atom stereocenters. The lowest BCUT2D eigenvalue weighted by Crippen LogP contribution is -2.37. The number of nitrogens with one attached hydrogen (secondary N) is 1. The molecule has 0 bridgehead atoms. The molecule has 0 aliphatic heterocycles. The first kappa shape index (κ1) is 21.7. The molecule has 2 amide bonds. The number of rotatable bonds is 7. The van der Waals surface area contributed by atoms with Gasteiger partial charge in [-0.2, -0.15) is 0 Å². The number of ether oxygens (including phenoxy) is 1. The van der Waals surface area contributed by atoms with Crippen molar-refractivity contribution in [2.75, 3.05) is 18.5 Å². The van der Waals surface area contributed by atoms with Crippen LogP contribution in [-0.2, 0) is 6.54 Å². The fourth-order valence-electron chi connectivity index (χ4n) is 4.13. The van der Waals surface area contributed by atoms with Crippen LogP contribution < -0.4 is 10.1 Å². The van der Waals surface area contributed by atoms with Gasteiger partial charge in [-0.15, -0.1) is 0 Å². The van der Waals surface area contributed by atoms with Gasteiger partial charge in [-0.1, -0.05) is 62.4 Å². The number of benzene rings is 4. The molecule has 0 saturated heterocycles. The van der Waals surface area contributed by atoms with Gasteiger partial charge in [0.15, 0.2) is 0 Å². The lowest BCUT2D eigenvalue weighted by atomic mass is 9.96. The first-order valence-corrected chi connectivity index (χ1v) is 11.2. The molecule has 0 saturated carbocycles. The zero-order valence-electron chi connectivity index (χ0n) is 19.0. The van der Waals surface area contributed by atoms with Crippen LogP contribution in [0.2, 0.25) is 0 Å². The lowest BCUT2D eigenvalue weighted by Gasteiger charge is -2.26. The minimum absolute atomic E-state index is 0.0973. The molecule has 0 aliphatic carbocycles. The minimum Gasteiger partial charge on any atom is -0.494 e. The van der Waals surface area contributed by atoms with Crippen LogP contribution in [0, 0.1) is 5.92 Å². The summed E-state index contributed by atoms with van der Waals surface area (Å²) < 4.78 is 5.50. The van der Waals surface area contributed by atoms with Crippen molar-refractivity contribution in [3.63, 3.8) is 0 Å². The maximum Gasteiger partial charge on any atom is 0.322 e. The van der Waals surface area contributed by atoms with Gasteiger partial charge in [0, 0.05) is 18.8 Å². The molecule has 0 unspecified atom stereocenters. The van der Waals surface area contributed by atoms with Crippen molar-refractivity contribution in [3.8, 4) is 5.75 Å². The van der Waals surface area contributed by atoms with Gasteiger partial charge in [0.25, 0.3) is 0 Å². The third-order valence-corrected chi connectivity index (χ3v) is 5.52. The van der Waals surface area contributed by atoms with E-state index in [4.69, 9.17) is 4.74 Å². The van der Waals surface area contributed by atoms with Crippen molar-refractivity contribution < 1.29 is 9.53 Å². The Morgan fingerprint density at radius 2 is 1.50 bits per heavy atom. The van der Waals surface area contributed by atoms with E-state index in [-0.39, 0.29) is 6.03 Å². The molecule has 0 spiro atoms. The summed E-state index contributed by atoms with van der Waals surface area (Å²) >= 11 is 0. The third kappa shape index (κ3) is 4.86. The number of hydrogen-bond acceptors (Lipinski definition) is 2. The van der Waals surface area contributed by atoms with E-state index in [1.165, 1.54) is 27.1 Å². The number of carbonyl (C=O) groups excluding carboxylic acids is 1. The summed E-state index contributed by atoms with van der Waals surface area (Å²) in [6.45, 7) is 8.06. The maximum atomic E-state index is 13.3. The van der Waals surface area contributed by atoms with Gasteiger partial charge < -0.3 is 15.0 Å². The normalized spacial score (nSPS) is 11.1. The SMILES string of the molecule is CCOc1ccc(NC(=O)N(Cc2c3ccccc3cc3ccccc23)CC(C)C)cc1. The van der Waals surface area contributed by atoms with Gasteiger partial charge in [-0.05, 0) is 70.3 Å². The standard InChI is InChI=1S/C28H30N2O2/c1-4-32-24-15-13-23(14-16-24)29-28(31)30(18-20(2)3)19-27-25-11-7-5-9-21(25)17-22-10-6-8-12-26(22)27/h5-17,20H,4,18-19H2,1-3H3,(H,29,31). The highest BCUT2D eigenvalue weighted by atomic mass is 16.5. The van der Waals surface area contributed by atoms with Crippen molar-refractivity contribution >= 4 is 33.3 Å². The Morgan fingerprint density at radius 3 is 2.06 bits per heavy atom. The number of nitrogens with zero attached hydrogens (tertiary/aromatic N) is 1. The second-order valence-electron chi connectivity index (χ2n) is 8.46. The predicted octanol–water partition coefficient (Wildman–Crippen LogP) is 7.08. The van der Waals surface area contributed by atoms with Crippen molar-refractivity contribution in [2.45, 2.75) is 27.3 Å². The fourth-order valence-corrected chi connectivity index (χ4v) is 4.13. The molecular weight excluding hydrogens is 396 g/mol. The first-order valence-electron chi connectivity index (χ1n) is 11.2. The summed E-state index contributed by atoms with van der Waals surface area (Å²) in [4.78, 5) is 15.2. The molecule has 0 heterocycles. The molecule has 4 rings (SSSR count). The Balaban J connectivity index is 1.66. The van der Waals surface area contributed by atoms with Crippen molar-refractivity contribution in [3.05, 3.63) is 84.4 Å². The average molecular weight is 427 g/mol. The van der Waals surface area contributed by atoms with E-state index in [1.54, 1.807) is 0 Å². The number of urea groups is 1. The van der Waals surface area contributed by atoms with Gasteiger partial charge in [-0.25, -0.2) is 4.79 Å². The van der Waals surface area contributed by atoms with E-state index >= 15 is 0 Å². The van der Waals surface area contributed by atoms with Gasteiger partial charge >= 0.3 is 6.03 Å². The summed E-state index contributed by atoms with van der Waals surface area (Å²) in [5.41, 5.74) is 1.94. The van der Waals surface area contributed by atoms with Gasteiger partial charge in [0.1, 0.15) is 5.75 Å². The number of amides is 2. The van der Waals surface area contributed by atoms with Gasteiger partial charge in [0.05, 0.1) is 6.61 Å². The molecule has 4 nitrogen and oxygen atoms in total. The fraction of sp³-hybridized carbons (Fsp3) is 0.250. The predicted molar refractivity (Wildman–Crippen MR) is 133 cm³/mol. The Hall–Kier alpha value is -3.53. The van der Waals surface area contributed by atoms with Gasteiger partial charge in [-0.3, -0.25) is 0 Å². The highest BCUT2D eigenvalue weighted by Gasteiger charge is 2.18. The number of hydrogen-bond donors (Lipinski definition) is 1. The van der Waals surface area contributed by atoms with Crippen LogP contribution >= 0.6 is 0 Å². The Bertz CT molecular complexity index is 1160. The molecule has 4 aromatic carbocycles. The summed E-state index contributed by atoms with van der Waals surface area (Å²) in [7, 11) is 0. The first-order chi connectivity index (χ1) is 15.5. The molecular formula is C28H30N2O2. The van der Waals surface area contributed by atoms with Gasteiger partial charge in [0.2, 0.25) is 0 Å². The molecule has 32 heavy (non-hydrogen) atoms. The van der Waals surface area contributed by atoms with Crippen LogP contribution in [0.4, 0.5) is 10.5 Å². The minimum atomic E-state index is -0.0973. The third-order valence-electron chi connectivity index (χ3n) is 5.52. The topological polar surface area (TPSA) is 41.6 Å². The molecule has 0 radical (unpaired) electrons. The van der Waals surface area contributed by atoms with E-state index in [9.17, 15) is 4.79 Å². The van der Waals surface area contributed by atoms with Crippen LogP contribution in [0.1, 0.15) is 26.3 Å². The van der Waals surface area contributed by atoms with E-state index < -0.39 is 0 Å². The number of carbonyl (C=O) groups is 1. The van der Waals surface area contributed by atoms with E-state index in [2.05, 4.69) is 73.8 Å². The van der Waals surface area contributed by atoms with Crippen molar-refractivity contribution in [1.29, 1.82) is 0 Å². The molecule has 0 aromatic heterocycles. The summed E-state index contributed by atoms with van der Waals surface area (Å²) in [5.74, 6) is 1.15. The Kier molecular flexibility index (Phi) is 6.60. The largest absolute Gasteiger partial charge is 0.494 e. The number of fused-ring (bicyclic) bond motifs is 2. The monoisotopic (exact) mass is 426 g/mol. The summed E-state index contributed by atoms with van der Waals surface area (Å²) in [5, 5.41) is 7.83. The number of anilines is 1. The molecule has 164 valence electrons. The molecule has 0 fully saturated rings. The quantitative estimate of drug-likeness (QED) is 0.321. The highest BCUT2D eigenvalue weighted by Crippen LogP contribution is 2.30. The van der Waals surface area contributed by atoms with Crippen molar-refractivity contribution in [1.82, 2.24) is 4.90 Å². The van der Waals surface area contributed by atoms with Crippen LogP contribution in [0.5, 0.6) is 5.75 Å². The Labute approximate surface area is 189 Å². The summed E-state index contributed by atoms with van der Waals surface area (Å²) in [6.07, 6.45) is 0. The zero-order valence-corrected chi connectivity index (χ0v) is 19.0. The smallest absolute Gasteiger partial charge is 0.322 e. The molecule has 0 aliphatic rings. The second-order valence-corrected chi connectivity index (χ2v) is 8.46. The van der Waals surface area contributed by atoms with E-state index in [0.29, 0.717) is 25.6 Å². The lowest BCUT2D eigenvalue weighted by molar-refractivity contribution is 0.202. The molecule has 4 aromatic rings. The molecule has 4 heteroatoms. The van der Waals surface area contributed by atoms with Crippen LogP contribution in [-0.4, -0.2) is 24.1 Å². The van der Waals surface area contributed by atoms with Crippen LogP contribution in [0.25, 0.3) is 21.5 Å². The van der Waals surface area contributed by atoms with Crippen LogP contribution in [0.15, 0.2) is 78.9 Å². The average Bonchev–Trinajstić information content (AvgIpc) is 2.79. The molecule has 1 N–H and O–H groups in total. The highest BCUT2D eigenvalue weighted by molar-refractivity contribution is 6.02. The zero-order chi connectivity index (χ0) is 22.5. The summed E-state index contributed by atoms with van der Waals surface area (Å²) in [6, 6.07) is 26.5. The van der Waals surface area contributed by atoms with Crippen molar-refractivity contribution in [2.24, 2.45) is 5.92 Å². The van der Waals surface area contributed by atoms with Crippen LogP contribution in [0.3, 0.4) is 0 Å². The second kappa shape index (κ2) is 9.73. The maximum absolute atomic E-state index is 13.3.